The molecule has 4 nitrogen and oxygen atoms in total. The van der Waals surface area contributed by atoms with Gasteiger partial charge in [-0.2, -0.15) is 4.39 Å². The van der Waals surface area contributed by atoms with Gasteiger partial charge < -0.3 is 5.73 Å². The second kappa shape index (κ2) is 3.97. The van der Waals surface area contributed by atoms with Crippen molar-refractivity contribution in [3.8, 4) is 0 Å². The highest BCUT2D eigenvalue weighted by Gasteiger charge is 2.15. The number of nitrogens with zero attached hydrogens (tertiary/aromatic N) is 1. The quantitative estimate of drug-likeness (QED) is 0.456. The molecule has 0 unspecified atom stereocenters. The van der Waals surface area contributed by atoms with Crippen LogP contribution in [0.15, 0.2) is 30.9 Å². The molecule has 0 aromatic heterocycles. The Kier molecular flexibility index (Phi) is 2.93. The standard InChI is InChI=1S/C9H9FN2O2/c1-2-8(11)6-3-4-7(10)9(5-6)12(13)14/h2-5,8H,1,11H2/t8-/m0/s1. The van der Waals surface area contributed by atoms with Crippen LogP contribution in [0.3, 0.4) is 0 Å². The minimum Gasteiger partial charge on any atom is -0.321 e. The molecule has 74 valence electrons. The number of benzene rings is 1. The van der Waals surface area contributed by atoms with Gasteiger partial charge in [-0.15, -0.1) is 6.58 Å². The number of hydrogen-bond acceptors (Lipinski definition) is 3. The molecule has 0 aliphatic heterocycles. The van der Waals surface area contributed by atoms with E-state index in [9.17, 15) is 14.5 Å². The lowest BCUT2D eigenvalue weighted by molar-refractivity contribution is -0.387. The van der Waals surface area contributed by atoms with E-state index >= 15 is 0 Å². The van der Waals surface area contributed by atoms with Crippen LogP contribution < -0.4 is 5.73 Å². The van der Waals surface area contributed by atoms with Gasteiger partial charge in [-0.3, -0.25) is 10.1 Å². The summed E-state index contributed by atoms with van der Waals surface area (Å²) in [5.41, 5.74) is 5.45. The van der Waals surface area contributed by atoms with Gasteiger partial charge in [-0.05, 0) is 11.6 Å². The van der Waals surface area contributed by atoms with Crippen molar-refractivity contribution in [2.24, 2.45) is 5.73 Å². The molecule has 1 rings (SSSR count). The van der Waals surface area contributed by atoms with Crippen molar-refractivity contribution in [2.75, 3.05) is 0 Å². The second-order valence-electron chi connectivity index (χ2n) is 2.73. The molecule has 0 amide bonds. The van der Waals surface area contributed by atoms with Crippen LogP contribution in [0.2, 0.25) is 0 Å². The fourth-order valence-electron chi connectivity index (χ4n) is 1.01. The predicted octanol–water partition coefficient (Wildman–Crippen LogP) is 1.92. The summed E-state index contributed by atoms with van der Waals surface area (Å²) in [4.78, 5) is 9.60. The summed E-state index contributed by atoms with van der Waals surface area (Å²) in [6.45, 7) is 3.45. The average Bonchev–Trinajstić information content (AvgIpc) is 2.17. The summed E-state index contributed by atoms with van der Waals surface area (Å²) in [7, 11) is 0. The summed E-state index contributed by atoms with van der Waals surface area (Å²) in [5.74, 6) is -0.866. The van der Waals surface area contributed by atoms with Gasteiger partial charge in [0.05, 0.1) is 4.92 Å². The summed E-state index contributed by atoms with van der Waals surface area (Å²) in [6, 6.07) is 3.02. The monoisotopic (exact) mass is 196 g/mol. The second-order valence-corrected chi connectivity index (χ2v) is 2.73. The molecule has 0 spiro atoms. The van der Waals surface area contributed by atoms with E-state index in [2.05, 4.69) is 6.58 Å². The molecule has 14 heavy (non-hydrogen) atoms. The zero-order valence-corrected chi connectivity index (χ0v) is 7.31. The molecule has 0 fully saturated rings. The van der Waals surface area contributed by atoms with Crippen molar-refractivity contribution in [1.29, 1.82) is 0 Å². The van der Waals surface area contributed by atoms with Gasteiger partial charge in [-0.25, -0.2) is 0 Å². The maximum absolute atomic E-state index is 12.9. The van der Waals surface area contributed by atoms with Gasteiger partial charge in [0, 0.05) is 12.1 Å². The largest absolute Gasteiger partial charge is 0.321 e. The summed E-state index contributed by atoms with van der Waals surface area (Å²) in [5, 5.41) is 10.4. The average molecular weight is 196 g/mol. The number of hydrogen-bond donors (Lipinski definition) is 1. The van der Waals surface area contributed by atoms with Crippen molar-refractivity contribution in [1.82, 2.24) is 0 Å². The third-order valence-electron chi connectivity index (χ3n) is 1.81. The Balaban J connectivity index is 3.19. The van der Waals surface area contributed by atoms with Crippen LogP contribution >= 0.6 is 0 Å². The van der Waals surface area contributed by atoms with Gasteiger partial charge in [0.2, 0.25) is 5.82 Å². The number of nitro benzene ring substituents is 1. The highest BCUT2D eigenvalue weighted by molar-refractivity contribution is 5.38. The molecule has 0 heterocycles. The molecule has 1 atom stereocenters. The number of halogens is 1. The first-order valence-corrected chi connectivity index (χ1v) is 3.88. The first kappa shape index (κ1) is 10.3. The molecule has 5 heteroatoms. The minimum absolute atomic E-state index is 0.466. The van der Waals surface area contributed by atoms with E-state index in [1.165, 1.54) is 12.1 Å². The predicted molar refractivity (Wildman–Crippen MR) is 50.2 cm³/mol. The fourth-order valence-corrected chi connectivity index (χ4v) is 1.01. The summed E-state index contributed by atoms with van der Waals surface area (Å²) >= 11 is 0. The van der Waals surface area contributed by atoms with Crippen LogP contribution in [0.5, 0.6) is 0 Å². The Morgan fingerprint density at radius 2 is 2.29 bits per heavy atom. The molecular weight excluding hydrogens is 187 g/mol. The van der Waals surface area contributed by atoms with E-state index in [1.807, 2.05) is 0 Å². The van der Waals surface area contributed by atoms with Gasteiger partial charge in [0.1, 0.15) is 0 Å². The topological polar surface area (TPSA) is 69.2 Å². The van der Waals surface area contributed by atoms with Crippen LogP contribution in [0.4, 0.5) is 10.1 Å². The fraction of sp³-hybridized carbons (Fsp3) is 0.111. The maximum atomic E-state index is 12.9. The van der Waals surface area contributed by atoms with Crippen LogP contribution in [0, 0.1) is 15.9 Å². The van der Waals surface area contributed by atoms with Gasteiger partial charge in [0.25, 0.3) is 0 Å². The van der Waals surface area contributed by atoms with Crippen molar-refractivity contribution in [3.63, 3.8) is 0 Å². The Hall–Kier alpha value is -1.75. The van der Waals surface area contributed by atoms with Gasteiger partial charge in [0.15, 0.2) is 0 Å². The molecule has 0 aliphatic rings. The molecule has 0 saturated carbocycles. The van der Waals surface area contributed by atoms with E-state index in [1.54, 1.807) is 0 Å². The third kappa shape index (κ3) is 1.94. The Morgan fingerprint density at radius 3 is 2.79 bits per heavy atom. The van der Waals surface area contributed by atoms with E-state index in [0.29, 0.717) is 5.56 Å². The van der Waals surface area contributed by atoms with E-state index in [0.717, 1.165) is 12.1 Å². The van der Waals surface area contributed by atoms with Crippen LogP contribution in [0.1, 0.15) is 11.6 Å². The van der Waals surface area contributed by atoms with Crippen LogP contribution in [0.25, 0.3) is 0 Å². The number of nitro groups is 1. The first-order valence-electron chi connectivity index (χ1n) is 3.88. The smallest absolute Gasteiger partial charge is 0.305 e. The minimum atomic E-state index is -0.866. The first-order chi connectivity index (χ1) is 6.56. The molecule has 0 saturated heterocycles. The lowest BCUT2D eigenvalue weighted by Crippen LogP contribution is -2.07. The molecule has 1 aromatic rings. The Morgan fingerprint density at radius 1 is 1.64 bits per heavy atom. The SMILES string of the molecule is C=C[C@H](N)c1ccc(F)c([N+](=O)[O-])c1. The molecule has 0 radical (unpaired) electrons. The molecule has 0 aliphatic carbocycles. The zero-order chi connectivity index (χ0) is 10.7. The van der Waals surface area contributed by atoms with Crippen LogP contribution in [-0.4, -0.2) is 4.92 Å². The van der Waals surface area contributed by atoms with E-state index in [4.69, 9.17) is 5.73 Å². The Labute approximate surface area is 80.0 Å². The number of nitrogens with two attached hydrogens (primary N) is 1. The Bertz CT molecular complexity index is 379. The third-order valence-corrected chi connectivity index (χ3v) is 1.81. The molecular formula is C9H9FN2O2. The highest BCUT2D eigenvalue weighted by atomic mass is 19.1. The molecule has 2 N–H and O–H groups in total. The van der Waals surface area contributed by atoms with Gasteiger partial charge in [-0.1, -0.05) is 12.1 Å². The summed E-state index contributed by atoms with van der Waals surface area (Å²) in [6.07, 6.45) is 1.43. The van der Waals surface area contributed by atoms with Crippen molar-refractivity contribution < 1.29 is 9.31 Å². The van der Waals surface area contributed by atoms with Crippen molar-refractivity contribution in [2.45, 2.75) is 6.04 Å². The van der Waals surface area contributed by atoms with Crippen LogP contribution in [-0.2, 0) is 0 Å². The van der Waals surface area contributed by atoms with Crippen molar-refractivity contribution in [3.05, 3.63) is 52.3 Å². The molecule has 1 aromatic carbocycles. The lowest BCUT2D eigenvalue weighted by Gasteiger charge is -2.05. The zero-order valence-electron chi connectivity index (χ0n) is 7.31. The normalized spacial score (nSPS) is 12.1. The van der Waals surface area contributed by atoms with Gasteiger partial charge >= 0.3 is 5.69 Å². The molecule has 0 bridgehead atoms. The maximum Gasteiger partial charge on any atom is 0.305 e. The lowest BCUT2D eigenvalue weighted by atomic mass is 10.1. The summed E-state index contributed by atoms with van der Waals surface area (Å²) < 4.78 is 12.9. The van der Waals surface area contributed by atoms with E-state index < -0.39 is 22.5 Å². The van der Waals surface area contributed by atoms with Crippen molar-refractivity contribution >= 4 is 5.69 Å². The highest BCUT2D eigenvalue weighted by Crippen LogP contribution is 2.21. The van der Waals surface area contributed by atoms with E-state index in [-0.39, 0.29) is 0 Å². The number of rotatable bonds is 3.